The molecule has 3 aromatic rings. The molecule has 0 aliphatic carbocycles. The van der Waals surface area contributed by atoms with E-state index in [1.807, 2.05) is 24.3 Å². The van der Waals surface area contributed by atoms with Gasteiger partial charge in [-0.2, -0.15) is 0 Å². The van der Waals surface area contributed by atoms with E-state index in [0.29, 0.717) is 32.3 Å². The van der Waals surface area contributed by atoms with Crippen molar-refractivity contribution in [1.29, 1.82) is 0 Å². The summed E-state index contributed by atoms with van der Waals surface area (Å²) in [6.07, 6.45) is 4.26. The van der Waals surface area contributed by atoms with Crippen LogP contribution in [0.3, 0.4) is 0 Å². The van der Waals surface area contributed by atoms with Crippen molar-refractivity contribution in [2.45, 2.75) is 13.3 Å². The SMILES string of the molecule is CCCN1CCN(c2ccc(-c3ncnc4ccc(C=C5SC(=O)NC5=O)nc34)cc2Cl)CC1. The minimum Gasteiger partial charge on any atom is -0.368 e. The molecule has 2 fully saturated rings. The Labute approximate surface area is 206 Å². The van der Waals surface area contributed by atoms with Gasteiger partial charge in [-0.05, 0) is 55.1 Å². The van der Waals surface area contributed by atoms with E-state index >= 15 is 0 Å². The van der Waals surface area contributed by atoms with Crippen molar-refractivity contribution in [2.75, 3.05) is 37.6 Å². The number of fused-ring (bicyclic) bond motifs is 1. The molecule has 1 N–H and O–H groups in total. The number of amides is 2. The normalized spacial score (nSPS) is 18.2. The molecule has 0 bridgehead atoms. The molecule has 10 heteroatoms. The molecule has 2 amide bonds. The third kappa shape index (κ3) is 4.64. The van der Waals surface area contributed by atoms with Gasteiger partial charge in [0, 0.05) is 31.7 Å². The highest BCUT2D eigenvalue weighted by Gasteiger charge is 2.25. The largest absolute Gasteiger partial charge is 0.368 e. The summed E-state index contributed by atoms with van der Waals surface area (Å²) < 4.78 is 0. The van der Waals surface area contributed by atoms with E-state index in [1.165, 1.54) is 12.7 Å². The van der Waals surface area contributed by atoms with E-state index in [1.54, 1.807) is 12.1 Å². The lowest BCUT2D eigenvalue weighted by Gasteiger charge is -2.36. The number of halogens is 1. The molecule has 0 atom stereocenters. The molecule has 4 heterocycles. The molecular weight excluding hydrogens is 472 g/mol. The smallest absolute Gasteiger partial charge is 0.290 e. The van der Waals surface area contributed by atoms with Crippen LogP contribution in [0.15, 0.2) is 41.6 Å². The van der Waals surface area contributed by atoms with Crippen LogP contribution in [-0.2, 0) is 4.79 Å². The second-order valence-electron chi connectivity index (χ2n) is 8.17. The van der Waals surface area contributed by atoms with E-state index in [2.05, 4.69) is 37.0 Å². The lowest BCUT2D eigenvalue weighted by atomic mass is 10.1. The third-order valence-corrected chi connectivity index (χ3v) is 7.01. The Hall–Kier alpha value is -3.01. The molecule has 2 aromatic heterocycles. The van der Waals surface area contributed by atoms with Gasteiger partial charge >= 0.3 is 0 Å². The quantitative estimate of drug-likeness (QED) is 0.528. The number of carbonyl (C=O) groups excluding carboxylic acids is 2. The molecule has 174 valence electrons. The number of hydrogen-bond donors (Lipinski definition) is 1. The van der Waals surface area contributed by atoms with Crippen molar-refractivity contribution in [3.8, 4) is 11.3 Å². The molecule has 0 radical (unpaired) electrons. The minimum atomic E-state index is -0.417. The third-order valence-electron chi connectivity index (χ3n) is 5.90. The van der Waals surface area contributed by atoms with Crippen molar-refractivity contribution < 1.29 is 9.59 Å². The Morgan fingerprint density at radius 3 is 2.65 bits per heavy atom. The molecule has 0 saturated carbocycles. The average Bonchev–Trinajstić information content (AvgIpc) is 3.15. The second kappa shape index (κ2) is 9.69. The molecule has 0 spiro atoms. The zero-order valence-electron chi connectivity index (χ0n) is 18.6. The molecule has 0 unspecified atom stereocenters. The highest BCUT2D eigenvalue weighted by molar-refractivity contribution is 8.18. The maximum absolute atomic E-state index is 11.9. The fraction of sp³-hybridized carbons (Fsp3) is 0.292. The van der Waals surface area contributed by atoms with E-state index in [-0.39, 0.29) is 5.24 Å². The number of piperazine rings is 1. The number of thioether (sulfide) groups is 1. The number of nitrogens with zero attached hydrogens (tertiary/aromatic N) is 5. The predicted octanol–water partition coefficient (Wildman–Crippen LogP) is 4.20. The van der Waals surface area contributed by atoms with Crippen molar-refractivity contribution in [1.82, 2.24) is 25.2 Å². The highest BCUT2D eigenvalue weighted by atomic mass is 35.5. The van der Waals surface area contributed by atoms with E-state index in [9.17, 15) is 9.59 Å². The van der Waals surface area contributed by atoms with Gasteiger partial charge in [0.2, 0.25) is 0 Å². The maximum Gasteiger partial charge on any atom is 0.290 e. The molecule has 1 aromatic carbocycles. The van der Waals surface area contributed by atoms with Crippen LogP contribution in [0.4, 0.5) is 10.5 Å². The van der Waals surface area contributed by atoms with Crippen molar-refractivity contribution in [3.63, 3.8) is 0 Å². The summed E-state index contributed by atoms with van der Waals surface area (Å²) in [5.41, 5.74) is 4.34. The summed E-state index contributed by atoms with van der Waals surface area (Å²) in [6.45, 7) is 7.30. The average molecular weight is 495 g/mol. The summed E-state index contributed by atoms with van der Waals surface area (Å²) >= 11 is 7.59. The number of imide groups is 1. The standard InChI is InChI=1S/C24H23ClN6O2S/c1-2-7-30-8-10-31(11-9-30)19-6-3-15(12-17(19)25)21-22-18(26-14-27-21)5-4-16(28-22)13-20-23(32)29-24(33)34-20/h3-6,12-14H,2,7-11H2,1H3,(H,29,32,33). The van der Waals surface area contributed by atoms with Gasteiger partial charge in [0.05, 0.1) is 32.5 Å². The van der Waals surface area contributed by atoms with Crippen molar-refractivity contribution in [3.05, 3.63) is 52.3 Å². The number of nitrogens with one attached hydrogen (secondary N) is 1. The number of rotatable bonds is 5. The molecule has 8 nitrogen and oxygen atoms in total. The fourth-order valence-electron chi connectivity index (χ4n) is 4.24. The topological polar surface area (TPSA) is 91.3 Å². The molecule has 34 heavy (non-hydrogen) atoms. The van der Waals surface area contributed by atoms with Crippen molar-refractivity contribution >= 4 is 57.3 Å². The number of benzene rings is 1. The zero-order valence-corrected chi connectivity index (χ0v) is 20.2. The number of anilines is 1. The fourth-order valence-corrected chi connectivity index (χ4v) is 5.21. The number of hydrogen-bond acceptors (Lipinski definition) is 8. The van der Waals surface area contributed by atoms with Crippen LogP contribution in [0.25, 0.3) is 28.4 Å². The minimum absolute atomic E-state index is 0.307. The maximum atomic E-state index is 11.9. The Kier molecular flexibility index (Phi) is 6.49. The summed E-state index contributed by atoms with van der Waals surface area (Å²) in [6, 6.07) is 9.55. The van der Waals surface area contributed by atoms with Crippen LogP contribution in [0.2, 0.25) is 5.02 Å². The van der Waals surface area contributed by atoms with Crippen LogP contribution in [0, 0.1) is 0 Å². The van der Waals surface area contributed by atoms with Gasteiger partial charge in [-0.3, -0.25) is 19.8 Å². The lowest BCUT2D eigenvalue weighted by molar-refractivity contribution is -0.115. The van der Waals surface area contributed by atoms with Crippen LogP contribution in [-0.4, -0.2) is 63.7 Å². The molecule has 2 aliphatic rings. The molecule has 2 aliphatic heterocycles. The highest BCUT2D eigenvalue weighted by Crippen LogP contribution is 2.33. The van der Waals surface area contributed by atoms with Crippen LogP contribution >= 0.6 is 23.4 Å². The van der Waals surface area contributed by atoms with Gasteiger partial charge in [0.25, 0.3) is 11.1 Å². The predicted molar refractivity (Wildman–Crippen MR) is 136 cm³/mol. The van der Waals surface area contributed by atoms with Gasteiger partial charge in [-0.15, -0.1) is 0 Å². The van der Waals surface area contributed by atoms with Gasteiger partial charge in [0.15, 0.2) is 0 Å². The first-order valence-corrected chi connectivity index (χ1v) is 12.3. The van der Waals surface area contributed by atoms with Crippen LogP contribution < -0.4 is 10.2 Å². The van der Waals surface area contributed by atoms with E-state index in [4.69, 9.17) is 11.6 Å². The summed E-state index contributed by atoms with van der Waals surface area (Å²) in [7, 11) is 0. The molecule has 2 saturated heterocycles. The first-order chi connectivity index (χ1) is 16.5. The Balaban J connectivity index is 1.45. The number of pyridine rings is 1. The summed E-state index contributed by atoms with van der Waals surface area (Å²) in [5, 5.41) is 2.54. The molecule has 5 rings (SSSR count). The first-order valence-electron chi connectivity index (χ1n) is 11.2. The summed E-state index contributed by atoms with van der Waals surface area (Å²) in [5.74, 6) is -0.417. The number of aromatic nitrogens is 3. The summed E-state index contributed by atoms with van der Waals surface area (Å²) in [4.78, 5) is 41.9. The Morgan fingerprint density at radius 1 is 1.12 bits per heavy atom. The molecular formula is C24H23ClN6O2S. The number of carbonyl (C=O) groups is 2. The zero-order chi connectivity index (χ0) is 23.7. The monoisotopic (exact) mass is 494 g/mol. The second-order valence-corrected chi connectivity index (χ2v) is 9.60. The first kappa shape index (κ1) is 22.8. The Morgan fingerprint density at radius 2 is 1.94 bits per heavy atom. The van der Waals surface area contributed by atoms with Gasteiger partial charge in [-0.25, -0.2) is 15.0 Å². The van der Waals surface area contributed by atoms with Gasteiger partial charge in [-0.1, -0.05) is 24.6 Å². The van der Waals surface area contributed by atoms with Gasteiger partial charge < -0.3 is 4.90 Å². The lowest BCUT2D eigenvalue weighted by Crippen LogP contribution is -2.46. The Bertz CT molecular complexity index is 1310. The van der Waals surface area contributed by atoms with Crippen molar-refractivity contribution in [2.24, 2.45) is 0 Å². The van der Waals surface area contributed by atoms with E-state index in [0.717, 1.165) is 55.7 Å². The van der Waals surface area contributed by atoms with E-state index < -0.39 is 5.91 Å². The van der Waals surface area contributed by atoms with Crippen LogP contribution in [0.5, 0.6) is 0 Å². The van der Waals surface area contributed by atoms with Gasteiger partial charge in [0.1, 0.15) is 11.8 Å². The van der Waals surface area contributed by atoms with Crippen LogP contribution in [0.1, 0.15) is 19.0 Å².